The van der Waals surface area contributed by atoms with Crippen LogP contribution in [-0.4, -0.2) is 60.4 Å². The first kappa shape index (κ1) is 16.7. The summed E-state index contributed by atoms with van der Waals surface area (Å²) in [6, 6.07) is 8.26. The van der Waals surface area contributed by atoms with Crippen LogP contribution in [-0.2, 0) is 9.59 Å². The van der Waals surface area contributed by atoms with Gasteiger partial charge in [0.1, 0.15) is 0 Å². The topological polar surface area (TPSA) is 43.9 Å². The van der Waals surface area contributed by atoms with Crippen molar-refractivity contribution in [3.8, 4) is 0 Å². The number of likely N-dealkylation sites (tertiary alicyclic amines) is 1. The summed E-state index contributed by atoms with van der Waals surface area (Å²) in [5, 5.41) is 0.758. The Morgan fingerprint density at radius 1 is 1.04 bits per heavy atom. The molecule has 25 heavy (non-hydrogen) atoms. The second-order valence-electron chi connectivity index (χ2n) is 7.28. The minimum absolute atomic E-state index is 0.0230. The Balaban J connectivity index is 1.35. The summed E-state index contributed by atoms with van der Waals surface area (Å²) in [6.07, 6.45) is 3.42. The summed E-state index contributed by atoms with van der Waals surface area (Å²) in [6.45, 7) is 3.66. The largest absolute Gasteiger partial charge is 0.367 e. The van der Waals surface area contributed by atoms with Crippen LogP contribution in [0.4, 0.5) is 5.69 Å². The molecule has 5 nitrogen and oxygen atoms in total. The van der Waals surface area contributed by atoms with Crippen molar-refractivity contribution in [1.82, 2.24) is 9.80 Å². The summed E-state index contributed by atoms with van der Waals surface area (Å²) >= 11 is 6.28. The maximum absolute atomic E-state index is 12.9. The zero-order chi connectivity index (χ0) is 17.4. The van der Waals surface area contributed by atoms with Crippen LogP contribution >= 0.6 is 11.6 Å². The van der Waals surface area contributed by atoms with Crippen LogP contribution < -0.4 is 4.90 Å². The normalized spacial score (nSPS) is 24.6. The van der Waals surface area contributed by atoms with Crippen LogP contribution in [0.1, 0.15) is 25.7 Å². The van der Waals surface area contributed by atoms with E-state index in [1.165, 1.54) is 0 Å². The number of anilines is 1. The summed E-state index contributed by atoms with van der Waals surface area (Å²) in [5.74, 6) is 0.428. The molecule has 1 atom stereocenters. The Hall–Kier alpha value is -1.75. The van der Waals surface area contributed by atoms with Gasteiger partial charge in [0.05, 0.1) is 16.6 Å². The molecule has 3 fully saturated rings. The van der Waals surface area contributed by atoms with Crippen LogP contribution in [0, 0.1) is 5.92 Å². The number of carbonyl (C=O) groups excluding carboxylic acids is 2. The van der Waals surface area contributed by atoms with Crippen LogP contribution in [0.2, 0.25) is 5.02 Å². The number of rotatable bonds is 3. The second kappa shape index (κ2) is 6.87. The SMILES string of the molecule is O=C([C@@H]1CCC(=O)N(C2CC2)C1)N1CCN(c2ccccc2Cl)CC1. The number of amides is 2. The molecular weight excluding hydrogens is 338 g/mol. The summed E-state index contributed by atoms with van der Waals surface area (Å²) in [7, 11) is 0. The van der Waals surface area contributed by atoms with Gasteiger partial charge in [-0.15, -0.1) is 0 Å². The second-order valence-corrected chi connectivity index (χ2v) is 7.68. The fourth-order valence-electron chi connectivity index (χ4n) is 3.95. The molecule has 6 heteroatoms. The van der Waals surface area contributed by atoms with Gasteiger partial charge in [-0.1, -0.05) is 23.7 Å². The first-order chi connectivity index (χ1) is 12.1. The number of hydrogen-bond donors (Lipinski definition) is 0. The predicted molar refractivity (Wildman–Crippen MR) is 97.7 cm³/mol. The number of halogens is 1. The van der Waals surface area contributed by atoms with Gasteiger partial charge in [-0.25, -0.2) is 0 Å². The molecule has 0 N–H and O–H groups in total. The first-order valence-electron chi connectivity index (χ1n) is 9.21. The molecule has 0 spiro atoms. The predicted octanol–water partition coefficient (Wildman–Crippen LogP) is 2.39. The Morgan fingerprint density at radius 2 is 1.76 bits per heavy atom. The highest BCUT2D eigenvalue weighted by molar-refractivity contribution is 6.33. The van der Waals surface area contributed by atoms with E-state index in [-0.39, 0.29) is 17.7 Å². The molecule has 0 aromatic heterocycles. The lowest BCUT2D eigenvalue weighted by Crippen LogP contribution is -2.53. The van der Waals surface area contributed by atoms with Crippen LogP contribution in [0.5, 0.6) is 0 Å². The van der Waals surface area contributed by atoms with E-state index in [0.29, 0.717) is 25.4 Å². The zero-order valence-electron chi connectivity index (χ0n) is 14.4. The average molecular weight is 362 g/mol. The molecule has 3 aliphatic rings. The van der Waals surface area contributed by atoms with Crippen LogP contribution in [0.25, 0.3) is 0 Å². The van der Waals surface area contributed by atoms with E-state index in [1.54, 1.807) is 0 Å². The standard InChI is InChI=1S/C19H24ClN3O2/c20-16-3-1-2-4-17(16)21-9-11-22(12-10-21)19(25)14-5-8-18(24)23(13-14)15-6-7-15/h1-4,14-15H,5-13H2/t14-/m1/s1. The van der Waals surface area contributed by atoms with Gasteiger partial charge in [0.25, 0.3) is 0 Å². The zero-order valence-corrected chi connectivity index (χ0v) is 15.1. The highest BCUT2D eigenvalue weighted by Gasteiger charge is 2.40. The van der Waals surface area contributed by atoms with Gasteiger partial charge >= 0.3 is 0 Å². The fourth-order valence-corrected chi connectivity index (χ4v) is 4.20. The van der Waals surface area contributed by atoms with Gasteiger partial charge in [0.15, 0.2) is 0 Å². The third-order valence-electron chi connectivity index (χ3n) is 5.57. The van der Waals surface area contributed by atoms with Gasteiger partial charge in [-0.3, -0.25) is 9.59 Å². The molecule has 2 amide bonds. The van der Waals surface area contributed by atoms with Gasteiger partial charge < -0.3 is 14.7 Å². The van der Waals surface area contributed by atoms with Crippen LogP contribution in [0.15, 0.2) is 24.3 Å². The third-order valence-corrected chi connectivity index (χ3v) is 5.89. The van der Waals surface area contributed by atoms with Crippen molar-refractivity contribution in [3.63, 3.8) is 0 Å². The lowest BCUT2D eigenvalue weighted by atomic mass is 9.95. The minimum Gasteiger partial charge on any atom is -0.367 e. The number of piperidine rings is 1. The molecule has 1 saturated carbocycles. The van der Waals surface area contributed by atoms with Crippen molar-refractivity contribution in [2.75, 3.05) is 37.6 Å². The quantitative estimate of drug-likeness (QED) is 0.830. The fraction of sp³-hybridized carbons (Fsp3) is 0.579. The summed E-state index contributed by atoms with van der Waals surface area (Å²) in [5.41, 5.74) is 1.04. The summed E-state index contributed by atoms with van der Waals surface area (Å²) in [4.78, 5) is 31.1. The minimum atomic E-state index is -0.0230. The molecule has 1 aliphatic carbocycles. The smallest absolute Gasteiger partial charge is 0.227 e. The van der Waals surface area contributed by atoms with Crippen molar-refractivity contribution in [2.45, 2.75) is 31.7 Å². The van der Waals surface area contributed by atoms with Crippen molar-refractivity contribution < 1.29 is 9.59 Å². The number of carbonyl (C=O) groups is 2. The first-order valence-corrected chi connectivity index (χ1v) is 9.59. The number of piperazine rings is 1. The van der Waals surface area contributed by atoms with E-state index >= 15 is 0 Å². The lowest BCUT2D eigenvalue weighted by Gasteiger charge is -2.40. The molecule has 2 heterocycles. The maximum Gasteiger partial charge on any atom is 0.227 e. The van der Waals surface area contributed by atoms with Gasteiger partial charge in [0, 0.05) is 45.2 Å². The van der Waals surface area contributed by atoms with E-state index in [1.807, 2.05) is 34.1 Å². The molecule has 4 rings (SSSR count). The highest BCUT2D eigenvalue weighted by atomic mass is 35.5. The van der Waals surface area contributed by atoms with Crippen molar-refractivity contribution >= 4 is 29.1 Å². The van der Waals surface area contributed by atoms with E-state index < -0.39 is 0 Å². The molecule has 1 aromatic rings. The molecule has 134 valence electrons. The van der Waals surface area contributed by atoms with E-state index in [0.717, 1.165) is 49.7 Å². The van der Waals surface area contributed by atoms with Crippen molar-refractivity contribution in [2.24, 2.45) is 5.92 Å². The molecule has 0 bridgehead atoms. The Morgan fingerprint density at radius 3 is 2.44 bits per heavy atom. The maximum atomic E-state index is 12.9. The Bertz CT molecular complexity index is 668. The lowest BCUT2D eigenvalue weighted by molar-refractivity contribution is -0.143. The average Bonchev–Trinajstić information content (AvgIpc) is 3.47. The molecule has 0 radical (unpaired) electrons. The molecule has 0 unspecified atom stereocenters. The number of hydrogen-bond acceptors (Lipinski definition) is 3. The van der Waals surface area contributed by atoms with Gasteiger partial charge in [0.2, 0.25) is 11.8 Å². The van der Waals surface area contributed by atoms with Gasteiger partial charge in [-0.05, 0) is 31.4 Å². The molecule has 1 aromatic carbocycles. The number of nitrogens with zero attached hydrogens (tertiary/aromatic N) is 3. The van der Waals surface area contributed by atoms with E-state index in [9.17, 15) is 9.59 Å². The van der Waals surface area contributed by atoms with Crippen molar-refractivity contribution in [3.05, 3.63) is 29.3 Å². The molecular formula is C19H24ClN3O2. The molecule has 2 aliphatic heterocycles. The van der Waals surface area contributed by atoms with E-state index in [2.05, 4.69) is 4.90 Å². The number of benzene rings is 1. The Labute approximate surface area is 153 Å². The number of para-hydroxylation sites is 1. The Kier molecular flexibility index (Phi) is 4.59. The van der Waals surface area contributed by atoms with Crippen LogP contribution in [0.3, 0.4) is 0 Å². The monoisotopic (exact) mass is 361 g/mol. The molecule has 2 saturated heterocycles. The van der Waals surface area contributed by atoms with E-state index in [4.69, 9.17) is 11.6 Å². The van der Waals surface area contributed by atoms with Gasteiger partial charge in [-0.2, -0.15) is 0 Å². The van der Waals surface area contributed by atoms with Crippen molar-refractivity contribution in [1.29, 1.82) is 0 Å². The highest BCUT2D eigenvalue weighted by Crippen LogP contribution is 2.32. The summed E-state index contributed by atoms with van der Waals surface area (Å²) < 4.78 is 0. The third kappa shape index (κ3) is 3.47.